The lowest BCUT2D eigenvalue weighted by Gasteiger charge is -2.11. The molecular formula is C19H34S. The van der Waals surface area contributed by atoms with Gasteiger partial charge < -0.3 is 0 Å². The van der Waals surface area contributed by atoms with Crippen LogP contribution in [0.4, 0.5) is 0 Å². The summed E-state index contributed by atoms with van der Waals surface area (Å²) < 4.78 is 0. The first-order valence-corrected chi connectivity index (χ1v) is 8.09. The Hall–Kier alpha value is -0.950. The number of aryl methyl sites for hydroxylation is 1. The van der Waals surface area contributed by atoms with Crippen molar-refractivity contribution in [2.75, 3.05) is 0 Å². The van der Waals surface area contributed by atoms with Gasteiger partial charge in [-0.05, 0) is 44.0 Å². The van der Waals surface area contributed by atoms with Gasteiger partial charge in [0.25, 0.3) is 0 Å². The minimum absolute atomic E-state index is 0.595. The first-order valence-electron chi connectivity index (χ1n) is 7.62. The molecule has 116 valence electrons. The van der Waals surface area contributed by atoms with Crippen molar-refractivity contribution < 1.29 is 0 Å². The Balaban J connectivity index is -0.000000355. The lowest BCUT2D eigenvalue weighted by Crippen LogP contribution is -1.94. The molecule has 0 bridgehead atoms. The minimum atomic E-state index is 0.595. The summed E-state index contributed by atoms with van der Waals surface area (Å²) in [6.07, 6.45) is 1.09. The van der Waals surface area contributed by atoms with Gasteiger partial charge in [0.1, 0.15) is 0 Å². The Bertz CT molecular complexity index is 339. The van der Waals surface area contributed by atoms with Crippen molar-refractivity contribution in [2.45, 2.75) is 67.7 Å². The molecule has 1 aromatic carbocycles. The zero-order valence-corrected chi connectivity index (χ0v) is 15.6. The van der Waals surface area contributed by atoms with Gasteiger partial charge in [0.2, 0.25) is 0 Å². The van der Waals surface area contributed by atoms with Crippen LogP contribution >= 0.6 is 12.2 Å². The largest absolute Gasteiger partial charge is 0.100 e. The Morgan fingerprint density at radius 3 is 2.05 bits per heavy atom. The summed E-state index contributed by atoms with van der Waals surface area (Å²) in [6, 6.07) is 8.71. The molecule has 20 heavy (non-hydrogen) atoms. The van der Waals surface area contributed by atoms with Gasteiger partial charge in [0.15, 0.2) is 0 Å². The van der Waals surface area contributed by atoms with Crippen molar-refractivity contribution in [2.24, 2.45) is 0 Å². The van der Waals surface area contributed by atoms with Crippen LogP contribution < -0.4 is 0 Å². The van der Waals surface area contributed by atoms with Gasteiger partial charge in [-0.25, -0.2) is 0 Å². The summed E-state index contributed by atoms with van der Waals surface area (Å²) in [5.74, 6) is 0.595. The van der Waals surface area contributed by atoms with Crippen LogP contribution in [0.1, 0.15) is 71.9 Å². The van der Waals surface area contributed by atoms with Crippen LogP contribution in [0.15, 0.2) is 36.4 Å². The zero-order valence-electron chi connectivity index (χ0n) is 14.8. The molecule has 0 aliphatic rings. The molecular weight excluding hydrogens is 260 g/mol. The molecule has 1 rings (SSSR count). The predicted octanol–water partition coefficient (Wildman–Crippen LogP) is 7.12. The van der Waals surface area contributed by atoms with E-state index in [0.29, 0.717) is 5.92 Å². The highest BCUT2D eigenvalue weighted by atomic mass is 32.1. The predicted molar refractivity (Wildman–Crippen MR) is 101 cm³/mol. The number of allylic oxidation sites excluding steroid dienone is 1. The second-order valence-electron chi connectivity index (χ2n) is 4.21. The lowest BCUT2D eigenvalue weighted by atomic mass is 9.94. The van der Waals surface area contributed by atoms with E-state index < -0.39 is 0 Å². The molecule has 0 aliphatic carbocycles. The molecule has 1 aromatic rings. The number of rotatable bonds is 3. The molecule has 0 saturated heterocycles. The van der Waals surface area contributed by atoms with Gasteiger partial charge in [-0.1, -0.05) is 82.2 Å². The summed E-state index contributed by atoms with van der Waals surface area (Å²) >= 11 is 4.27. The third kappa shape index (κ3) is 15.1. The molecule has 0 amide bonds. The summed E-state index contributed by atoms with van der Waals surface area (Å²) in [5.41, 5.74) is 4.02. The molecule has 1 unspecified atom stereocenters. The van der Waals surface area contributed by atoms with Crippen LogP contribution in [0.25, 0.3) is 0 Å². The van der Waals surface area contributed by atoms with Crippen molar-refractivity contribution in [1.82, 2.24) is 0 Å². The monoisotopic (exact) mass is 294 g/mol. The zero-order chi connectivity index (χ0) is 16.6. The number of benzene rings is 1. The SMILES string of the molecule is C=C(C)CC(C)c1cccc(C)c1.CC.CC.CC=S. The van der Waals surface area contributed by atoms with E-state index in [9.17, 15) is 0 Å². The fourth-order valence-corrected chi connectivity index (χ4v) is 1.62. The summed E-state index contributed by atoms with van der Waals surface area (Å²) in [7, 11) is 0. The van der Waals surface area contributed by atoms with E-state index in [1.54, 1.807) is 5.37 Å². The number of thiocarbonyl (C=S) groups is 1. The minimum Gasteiger partial charge on any atom is -0.100 e. The Labute approximate surface area is 133 Å². The van der Waals surface area contributed by atoms with Crippen LogP contribution in [0.2, 0.25) is 0 Å². The van der Waals surface area contributed by atoms with Crippen molar-refractivity contribution in [1.29, 1.82) is 0 Å². The van der Waals surface area contributed by atoms with Crippen molar-refractivity contribution in [3.63, 3.8) is 0 Å². The van der Waals surface area contributed by atoms with Gasteiger partial charge in [-0.15, -0.1) is 6.58 Å². The average molecular weight is 295 g/mol. The van der Waals surface area contributed by atoms with E-state index in [1.807, 2.05) is 34.6 Å². The van der Waals surface area contributed by atoms with E-state index in [1.165, 1.54) is 16.7 Å². The highest BCUT2D eigenvalue weighted by molar-refractivity contribution is 7.78. The van der Waals surface area contributed by atoms with Crippen LogP contribution in [0.5, 0.6) is 0 Å². The third-order valence-corrected chi connectivity index (χ3v) is 2.27. The molecule has 0 saturated carbocycles. The molecule has 0 radical (unpaired) electrons. The number of hydrogen-bond donors (Lipinski definition) is 0. The smallest absolute Gasteiger partial charge is 0.0153 e. The molecule has 0 fully saturated rings. The average Bonchev–Trinajstić information content (AvgIpc) is 2.43. The molecule has 1 heteroatoms. The van der Waals surface area contributed by atoms with Crippen LogP contribution in [0.3, 0.4) is 0 Å². The van der Waals surface area contributed by atoms with E-state index in [-0.39, 0.29) is 0 Å². The quantitative estimate of drug-likeness (QED) is 0.422. The van der Waals surface area contributed by atoms with Gasteiger partial charge >= 0.3 is 0 Å². The maximum atomic E-state index is 4.27. The van der Waals surface area contributed by atoms with Crippen molar-refractivity contribution in [3.8, 4) is 0 Å². The maximum Gasteiger partial charge on any atom is -0.0153 e. The second-order valence-corrected chi connectivity index (χ2v) is 4.68. The molecule has 0 nitrogen and oxygen atoms in total. The fraction of sp³-hybridized carbons (Fsp3) is 0.526. The van der Waals surface area contributed by atoms with Crippen LogP contribution in [-0.2, 0) is 0 Å². The van der Waals surface area contributed by atoms with E-state index >= 15 is 0 Å². The third-order valence-electron chi connectivity index (χ3n) is 2.27. The van der Waals surface area contributed by atoms with Gasteiger partial charge in [-0.2, -0.15) is 0 Å². The Kier molecular flexibility index (Phi) is 21.7. The standard InChI is InChI=1S/C13H18.C2H4S.2C2H6/c1-10(2)8-12(4)13-7-5-6-11(3)9-13;1-2-3;2*1-2/h5-7,9,12H,1,8H2,2-4H3;2H,1H3;2*1-2H3. The molecule has 0 heterocycles. The van der Waals surface area contributed by atoms with Crippen molar-refractivity contribution >= 4 is 17.6 Å². The normalized spacial score (nSPS) is 9.40. The Morgan fingerprint density at radius 2 is 1.70 bits per heavy atom. The van der Waals surface area contributed by atoms with Crippen LogP contribution in [0, 0.1) is 6.92 Å². The van der Waals surface area contributed by atoms with Crippen LogP contribution in [-0.4, -0.2) is 5.37 Å². The topological polar surface area (TPSA) is 0 Å². The second kappa shape index (κ2) is 18.0. The molecule has 1 atom stereocenters. The van der Waals surface area contributed by atoms with Gasteiger partial charge in [-0.3, -0.25) is 0 Å². The fourth-order valence-electron chi connectivity index (χ4n) is 1.62. The van der Waals surface area contributed by atoms with Gasteiger partial charge in [0.05, 0.1) is 0 Å². The summed E-state index contributed by atoms with van der Waals surface area (Å²) in [5, 5.41) is 1.58. The van der Waals surface area contributed by atoms with Crippen molar-refractivity contribution in [3.05, 3.63) is 47.5 Å². The first-order chi connectivity index (χ1) is 9.51. The summed E-state index contributed by atoms with van der Waals surface area (Å²) in [6.45, 7) is 20.2. The van der Waals surface area contributed by atoms with E-state index in [2.05, 4.69) is 63.8 Å². The van der Waals surface area contributed by atoms with E-state index in [0.717, 1.165) is 6.42 Å². The van der Waals surface area contributed by atoms with Gasteiger partial charge in [0, 0.05) is 0 Å². The number of hydrogen-bond acceptors (Lipinski definition) is 1. The molecule has 0 aromatic heterocycles. The highest BCUT2D eigenvalue weighted by Gasteiger charge is 2.04. The lowest BCUT2D eigenvalue weighted by molar-refractivity contribution is 0.752. The molecule has 0 N–H and O–H groups in total. The highest BCUT2D eigenvalue weighted by Crippen LogP contribution is 2.22. The molecule has 0 spiro atoms. The summed E-state index contributed by atoms with van der Waals surface area (Å²) in [4.78, 5) is 0. The first kappa shape index (κ1) is 24.1. The van der Waals surface area contributed by atoms with E-state index in [4.69, 9.17) is 0 Å². The molecule has 0 aliphatic heterocycles. The maximum absolute atomic E-state index is 4.27. The Morgan fingerprint density at radius 1 is 1.25 bits per heavy atom.